The molecule has 0 aliphatic rings. The Hall–Kier alpha value is -3.32. The molecule has 1 N–H and O–H groups in total. The van der Waals surface area contributed by atoms with Crippen LogP contribution in [0.2, 0.25) is 0 Å². The summed E-state index contributed by atoms with van der Waals surface area (Å²) in [6.07, 6.45) is 2.62. The van der Waals surface area contributed by atoms with Crippen LogP contribution >= 0.6 is 11.8 Å². The molecule has 7 heteroatoms. The lowest BCUT2D eigenvalue weighted by Gasteiger charge is -2.14. The van der Waals surface area contributed by atoms with E-state index in [9.17, 15) is 4.79 Å². The number of hydrogen-bond donors (Lipinski definition) is 1. The number of amides is 1. The summed E-state index contributed by atoms with van der Waals surface area (Å²) in [5.74, 6) is 1.43. The summed E-state index contributed by atoms with van der Waals surface area (Å²) in [5.41, 5.74) is 4.06. The molecule has 0 aliphatic carbocycles. The summed E-state index contributed by atoms with van der Waals surface area (Å²) in [6, 6.07) is 20.0. The molecule has 32 heavy (non-hydrogen) atoms. The number of aromatic nitrogens is 3. The third-order valence-electron chi connectivity index (χ3n) is 5.28. The van der Waals surface area contributed by atoms with Gasteiger partial charge in [0.1, 0.15) is 5.76 Å². The van der Waals surface area contributed by atoms with E-state index in [0.29, 0.717) is 11.7 Å². The maximum atomic E-state index is 12.8. The molecule has 0 aliphatic heterocycles. The lowest BCUT2D eigenvalue weighted by Crippen LogP contribution is -2.23. The van der Waals surface area contributed by atoms with Gasteiger partial charge in [0.05, 0.1) is 23.6 Å². The first-order chi connectivity index (χ1) is 15.5. The standard InChI is InChI=1S/C25H26N4O2S/c1-4-19-10-12-21(13-11-19)26-24(30)18(3)32-25-28-27-23(22-14-15-31-17(22)2)29(25)16-20-8-6-5-7-9-20/h5-15,18H,4,16H2,1-3H3,(H,26,30). The van der Waals surface area contributed by atoms with Gasteiger partial charge >= 0.3 is 0 Å². The van der Waals surface area contributed by atoms with Crippen LogP contribution in [0.15, 0.2) is 76.5 Å². The van der Waals surface area contributed by atoms with E-state index in [1.807, 2.05) is 66.9 Å². The summed E-state index contributed by atoms with van der Waals surface area (Å²) in [7, 11) is 0. The molecule has 0 saturated heterocycles. The molecule has 2 aromatic carbocycles. The molecule has 0 radical (unpaired) electrons. The number of hydrogen-bond acceptors (Lipinski definition) is 5. The SMILES string of the molecule is CCc1ccc(NC(=O)C(C)Sc2nnc(-c3ccoc3C)n2Cc2ccccc2)cc1. The summed E-state index contributed by atoms with van der Waals surface area (Å²) in [6.45, 7) is 6.49. The lowest BCUT2D eigenvalue weighted by atomic mass is 10.1. The monoisotopic (exact) mass is 446 g/mol. The lowest BCUT2D eigenvalue weighted by molar-refractivity contribution is -0.115. The zero-order chi connectivity index (χ0) is 22.5. The first kappa shape index (κ1) is 21.9. The maximum Gasteiger partial charge on any atom is 0.237 e. The van der Waals surface area contributed by atoms with E-state index in [2.05, 4.69) is 34.6 Å². The van der Waals surface area contributed by atoms with Crippen LogP contribution in [0, 0.1) is 6.92 Å². The second-order valence-electron chi connectivity index (χ2n) is 7.57. The van der Waals surface area contributed by atoms with Crippen LogP contribution < -0.4 is 5.32 Å². The molecule has 0 spiro atoms. The zero-order valence-electron chi connectivity index (χ0n) is 18.4. The largest absolute Gasteiger partial charge is 0.469 e. The van der Waals surface area contributed by atoms with E-state index in [4.69, 9.17) is 4.42 Å². The Labute approximate surface area is 192 Å². The minimum atomic E-state index is -0.349. The number of furan rings is 1. The van der Waals surface area contributed by atoms with Crippen molar-refractivity contribution in [2.45, 2.75) is 44.1 Å². The fraction of sp³-hybridized carbons (Fsp3) is 0.240. The van der Waals surface area contributed by atoms with E-state index in [1.165, 1.54) is 17.3 Å². The van der Waals surface area contributed by atoms with Gasteiger partial charge in [-0.2, -0.15) is 0 Å². The number of nitrogens with one attached hydrogen (secondary N) is 1. The number of aryl methyl sites for hydroxylation is 2. The Bertz CT molecular complexity index is 1180. The van der Waals surface area contributed by atoms with Crippen molar-refractivity contribution in [2.24, 2.45) is 0 Å². The Kier molecular flexibility index (Phi) is 6.75. The number of benzene rings is 2. The number of carbonyl (C=O) groups is 1. The van der Waals surface area contributed by atoms with Gasteiger partial charge in [-0.05, 0) is 49.6 Å². The molecule has 4 aromatic rings. The van der Waals surface area contributed by atoms with Crippen LogP contribution in [0.3, 0.4) is 0 Å². The fourth-order valence-electron chi connectivity index (χ4n) is 3.38. The van der Waals surface area contributed by atoms with Crippen molar-refractivity contribution in [3.8, 4) is 11.4 Å². The van der Waals surface area contributed by atoms with Crippen LogP contribution in [0.1, 0.15) is 30.7 Å². The Balaban J connectivity index is 1.56. The quantitative estimate of drug-likeness (QED) is 0.358. The van der Waals surface area contributed by atoms with Crippen molar-refractivity contribution >= 4 is 23.4 Å². The van der Waals surface area contributed by atoms with Crippen LogP contribution in [0.4, 0.5) is 5.69 Å². The molecule has 2 heterocycles. The number of carbonyl (C=O) groups excluding carboxylic acids is 1. The second-order valence-corrected chi connectivity index (χ2v) is 8.88. The molecule has 1 atom stereocenters. The molecule has 2 aromatic heterocycles. The van der Waals surface area contributed by atoms with Gasteiger partial charge in [-0.3, -0.25) is 9.36 Å². The van der Waals surface area contributed by atoms with Gasteiger partial charge in [0.25, 0.3) is 0 Å². The molecule has 0 saturated carbocycles. The Morgan fingerprint density at radius 1 is 1.06 bits per heavy atom. The van der Waals surface area contributed by atoms with Gasteiger partial charge in [-0.25, -0.2) is 0 Å². The molecule has 6 nitrogen and oxygen atoms in total. The van der Waals surface area contributed by atoms with Crippen molar-refractivity contribution in [2.75, 3.05) is 5.32 Å². The molecule has 0 bridgehead atoms. The van der Waals surface area contributed by atoms with Gasteiger partial charge in [0, 0.05) is 5.69 Å². The summed E-state index contributed by atoms with van der Waals surface area (Å²) in [5, 5.41) is 12.2. The van der Waals surface area contributed by atoms with E-state index in [-0.39, 0.29) is 11.2 Å². The highest BCUT2D eigenvalue weighted by Crippen LogP contribution is 2.30. The molecule has 0 fully saturated rings. The van der Waals surface area contributed by atoms with Gasteiger partial charge in [0.15, 0.2) is 11.0 Å². The number of rotatable bonds is 8. The van der Waals surface area contributed by atoms with Crippen LogP contribution in [-0.4, -0.2) is 25.9 Å². The van der Waals surface area contributed by atoms with Gasteiger partial charge in [-0.15, -0.1) is 10.2 Å². The normalized spacial score (nSPS) is 12.0. The molecule has 164 valence electrons. The summed E-state index contributed by atoms with van der Waals surface area (Å²) < 4.78 is 7.52. The van der Waals surface area contributed by atoms with Crippen molar-refractivity contribution in [1.29, 1.82) is 0 Å². The number of anilines is 1. The van der Waals surface area contributed by atoms with Crippen molar-refractivity contribution in [1.82, 2.24) is 14.8 Å². The third-order valence-corrected chi connectivity index (χ3v) is 6.36. The van der Waals surface area contributed by atoms with E-state index in [1.54, 1.807) is 6.26 Å². The Morgan fingerprint density at radius 3 is 2.47 bits per heavy atom. The smallest absolute Gasteiger partial charge is 0.237 e. The molecule has 4 rings (SSSR count). The van der Waals surface area contributed by atoms with E-state index < -0.39 is 0 Å². The summed E-state index contributed by atoms with van der Waals surface area (Å²) in [4.78, 5) is 12.8. The molecular formula is C25H26N4O2S. The average Bonchev–Trinajstić information content (AvgIpc) is 3.40. The van der Waals surface area contributed by atoms with Crippen LogP contribution in [0.5, 0.6) is 0 Å². The van der Waals surface area contributed by atoms with Crippen LogP contribution in [0.25, 0.3) is 11.4 Å². The van der Waals surface area contributed by atoms with Crippen molar-refractivity contribution in [3.05, 3.63) is 83.8 Å². The topological polar surface area (TPSA) is 73.0 Å². The highest BCUT2D eigenvalue weighted by molar-refractivity contribution is 8.00. The van der Waals surface area contributed by atoms with E-state index >= 15 is 0 Å². The van der Waals surface area contributed by atoms with Gasteiger partial charge < -0.3 is 9.73 Å². The first-order valence-corrected chi connectivity index (χ1v) is 11.5. The summed E-state index contributed by atoms with van der Waals surface area (Å²) >= 11 is 1.40. The minimum absolute atomic E-state index is 0.0745. The number of thioether (sulfide) groups is 1. The van der Waals surface area contributed by atoms with Crippen molar-refractivity contribution < 1.29 is 9.21 Å². The zero-order valence-corrected chi connectivity index (χ0v) is 19.2. The van der Waals surface area contributed by atoms with Crippen molar-refractivity contribution in [3.63, 3.8) is 0 Å². The highest BCUT2D eigenvalue weighted by atomic mass is 32.2. The van der Waals surface area contributed by atoms with Gasteiger partial charge in [0.2, 0.25) is 5.91 Å². The maximum absolute atomic E-state index is 12.8. The molecular weight excluding hydrogens is 420 g/mol. The third kappa shape index (κ3) is 4.94. The molecule has 1 unspecified atom stereocenters. The molecule has 1 amide bonds. The minimum Gasteiger partial charge on any atom is -0.469 e. The van der Waals surface area contributed by atoms with Gasteiger partial charge in [-0.1, -0.05) is 61.2 Å². The first-order valence-electron chi connectivity index (χ1n) is 10.6. The average molecular weight is 447 g/mol. The van der Waals surface area contributed by atoms with Crippen LogP contribution in [-0.2, 0) is 17.8 Å². The number of nitrogens with zero attached hydrogens (tertiary/aromatic N) is 3. The predicted molar refractivity (Wildman–Crippen MR) is 128 cm³/mol. The Morgan fingerprint density at radius 2 is 1.81 bits per heavy atom. The fourth-order valence-corrected chi connectivity index (χ4v) is 4.23. The van der Waals surface area contributed by atoms with E-state index in [0.717, 1.165) is 34.8 Å². The highest BCUT2D eigenvalue weighted by Gasteiger charge is 2.22. The second kappa shape index (κ2) is 9.87. The predicted octanol–water partition coefficient (Wildman–Crippen LogP) is 5.58.